The van der Waals surface area contributed by atoms with Crippen LogP contribution in [0.2, 0.25) is 0 Å². The van der Waals surface area contributed by atoms with Gasteiger partial charge in [-0.05, 0) is 63.3 Å². The van der Waals surface area contributed by atoms with E-state index >= 15 is 0 Å². The summed E-state index contributed by atoms with van der Waals surface area (Å²) in [7, 11) is 0. The van der Waals surface area contributed by atoms with Gasteiger partial charge in [-0.1, -0.05) is 0 Å². The number of nitrogens with zero attached hydrogens (tertiary/aromatic N) is 5. The highest BCUT2D eigenvalue weighted by molar-refractivity contribution is 5.94. The van der Waals surface area contributed by atoms with E-state index in [1.165, 1.54) is 32.1 Å². The first-order valence-electron chi connectivity index (χ1n) is 9.83. The van der Waals surface area contributed by atoms with Crippen LogP contribution in [0.1, 0.15) is 55.1 Å². The SMILES string of the molecule is CC(=O)c1ccc(Nc2nc(N3CCCCC3)nc(N3CCCC3)n2)cc1.Cl.N.N.N.N.[HH].[HH].[HH].[HH]. The molecule has 0 unspecified atom stereocenters. The van der Waals surface area contributed by atoms with E-state index in [1.807, 2.05) is 24.3 Å². The smallest absolute Gasteiger partial charge is 0.233 e. The van der Waals surface area contributed by atoms with E-state index in [0.29, 0.717) is 11.5 Å². The maximum Gasteiger partial charge on any atom is 0.233 e. The second kappa shape index (κ2) is 14.5. The zero-order valence-electron chi connectivity index (χ0n) is 19.1. The van der Waals surface area contributed by atoms with Gasteiger partial charge in [-0.2, -0.15) is 15.0 Å². The molecule has 12 heteroatoms. The van der Waals surface area contributed by atoms with Crippen LogP contribution in [0, 0.1) is 0 Å². The van der Waals surface area contributed by atoms with E-state index in [2.05, 4.69) is 25.1 Å². The van der Waals surface area contributed by atoms with Gasteiger partial charge in [0.2, 0.25) is 17.8 Å². The molecule has 2 fully saturated rings. The Morgan fingerprint density at radius 2 is 1.22 bits per heavy atom. The quantitative estimate of drug-likeness (QED) is 0.339. The molecule has 0 saturated carbocycles. The number of hydrogen-bond acceptors (Lipinski definition) is 11. The lowest BCUT2D eigenvalue weighted by atomic mass is 10.1. The van der Waals surface area contributed by atoms with E-state index in [-0.39, 0.29) is 48.5 Å². The van der Waals surface area contributed by atoms with Crippen LogP contribution in [0.5, 0.6) is 0 Å². The number of anilines is 4. The number of carbonyl (C=O) groups excluding carboxylic acids is 1. The largest absolute Gasteiger partial charge is 0.344 e. The zero-order valence-corrected chi connectivity index (χ0v) is 19.9. The van der Waals surface area contributed by atoms with Gasteiger partial charge in [0.05, 0.1) is 0 Å². The van der Waals surface area contributed by atoms with Crippen molar-refractivity contribution >= 4 is 41.7 Å². The van der Waals surface area contributed by atoms with Crippen molar-refractivity contribution in [1.82, 2.24) is 39.6 Å². The molecule has 2 aliphatic rings. The Hall–Kier alpha value is -2.57. The average Bonchev–Trinajstić information content (AvgIpc) is 3.24. The summed E-state index contributed by atoms with van der Waals surface area (Å²) < 4.78 is 0. The molecule has 3 heterocycles. The summed E-state index contributed by atoms with van der Waals surface area (Å²) in [5.41, 5.74) is 1.56. The standard InChI is InChI=1S/C20H26N6O.ClH.4H3N.4H2/c1-15(27)16-7-9-17(10-8-16)21-18-22-19(25-11-3-2-4-12-25)24-20(23-18)26-13-5-6-14-26;;;;;;;;;/h7-10H,2-6,11-14H2,1H3,(H,21,22,23,24);1H;4*1H3;4*1H. The minimum absolute atomic E-state index is 0. The van der Waals surface area contributed by atoms with Gasteiger partial charge in [0.25, 0.3) is 0 Å². The third kappa shape index (κ3) is 7.53. The summed E-state index contributed by atoms with van der Waals surface area (Å²) in [5.74, 6) is 2.13. The van der Waals surface area contributed by atoms with Crippen LogP contribution >= 0.6 is 12.4 Å². The zero-order chi connectivity index (χ0) is 18.6. The molecule has 0 atom stereocenters. The molecule has 1 aromatic carbocycles. The van der Waals surface area contributed by atoms with Crippen molar-refractivity contribution in [2.24, 2.45) is 0 Å². The van der Waals surface area contributed by atoms with Crippen molar-refractivity contribution in [2.45, 2.75) is 39.0 Å². The molecule has 0 radical (unpaired) electrons. The monoisotopic (exact) mass is 478 g/mol. The second-order valence-corrected chi connectivity index (χ2v) is 7.26. The normalized spacial score (nSPS) is 14.5. The number of hydrogen-bond donors (Lipinski definition) is 5. The molecule has 0 amide bonds. The fourth-order valence-corrected chi connectivity index (χ4v) is 3.62. The molecular formula is C20H47ClN10O. The molecule has 2 aromatic rings. The van der Waals surface area contributed by atoms with Crippen LogP contribution in [0.3, 0.4) is 0 Å². The lowest BCUT2D eigenvalue weighted by molar-refractivity contribution is 0.101. The topological polar surface area (TPSA) is 214 Å². The van der Waals surface area contributed by atoms with Crippen LogP contribution in [0.15, 0.2) is 24.3 Å². The van der Waals surface area contributed by atoms with Crippen molar-refractivity contribution in [3.05, 3.63) is 29.8 Å². The van der Waals surface area contributed by atoms with Crippen molar-refractivity contribution in [2.75, 3.05) is 41.3 Å². The van der Waals surface area contributed by atoms with Gasteiger partial charge in [0.15, 0.2) is 5.78 Å². The van der Waals surface area contributed by atoms with Gasteiger partial charge in [-0.15, -0.1) is 12.4 Å². The molecule has 190 valence electrons. The predicted octanol–water partition coefficient (Wildman–Crippen LogP) is 5.46. The van der Waals surface area contributed by atoms with Gasteiger partial charge in [-0.25, -0.2) is 0 Å². The highest BCUT2D eigenvalue weighted by Gasteiger charge is 2.21. The molecule has 4 rings (SSSR count). The number of carbonyl (C=O) groups is 1. The van der Waals surface area contributed by atoms with E-state index in [4.69, 9.17) is 4.98 Å². The van der Waals surface area contributed by atoms with Gasteiger partial charge in [-0.3, -0.25) is 4.79 Å². The fraction of sp³-hybridized carbons (Fsp3) is 0.500. The first kappa shape index (κ1) is 31.6. The van der Waals surface area contributed by atoms with Crippen molar-refractivity contribution in [3.63, 3.8) is 0 Å². The minimum atomic E-state index is 0. The number of benzene rings is 1. The summed E-state index contributed by atoms with van der Waals surface area (Å²) in [6, 6.07) is 7.41. The fourth-order valence-electron chi connectivity index (χ4n) is 3.62. The van der Waals surface area contributed by atoms with Gasteiger partial charge >= 0.3 is 0 Å². The van der Waals surface area contributed by atoms with Crippen LogP contribution < -0.4 is 39.7 Å². The third-order valence-corrected chi connectivity index (χ3v) is 5.19. The molecule has 2 saturated heterocycles. The first-order chi connectivity index (χ1) is 13.2. The maximum absolute atomic E-state index is 11.5. The Balaban J connectivity index is -0.000000250. The number of ketones is 1. The molecule has 2 aliphatic heterocycles. The second-order valence-electron chi connectivity index (χ2n) is 7.26. The molecule has 1 aromatic heterocycles. The van der Waals surface area contributed by atoms with Crippen molar-refractivity contribution < 1.29 is 10.5 Å². The van der Waals surface area contributed by atoms with Crippen LogP contribution in [0.4, 0.5) is 23.5 Å². The first-order valence-corrected chi connectivity index (χ1v) is 9.83. The molecule has 0 aliphatic carbocycles. The number of nitrogens with one attached hydrogen (secondary N) is 1. The van der Waals surface area contributed by atoms with Crippen LogP contribution in [0.25, 0.3) is 0 Å². The summed E-state index contributed by atoms with van der Waals surface area (Å²) in [5, 5.41) is 3.29. The van der Waals surface area contributed by atoms with E-state index in [1.54, 1.807) is 6.92 Å². The summed E-state index contributed by atoms with van der Waals surface area (Å²) in [6.45, 7) is 5.56. The molecule has 32 heavy (non-hydrogen) atoms. The third-order valence-electron chi connectivity index (χ3n) is 5.19. The summed E-state index contributed by atoms with van der Waals surface area (Å²) >= 11 is 0. The molecule has 11 nitrogen and oxygen atoms in total. The minimum Gasteiger partial charge on any atom is -0.344 e. The Morgan fingerprint density at radius 3 is 1.66 bits per heavy atom. The van der Waals surface area contributed by atoms with Crippen LogP contribution in [-0.4, -0.2) is 46.9 Å². The summed E-state index contributed by atoms with van der Waals surface area (Å²) in [4.78, 5) is 30.1. The highest BCUT2D eigenvalue weighted by Crippen LogP contribution is 2.24. The Labute approximate surface area is 202 Å². The lowest BCUT2D eigenvalue weighted by Gasteiger charge is -2.27. The van der Waals surface area contributed by atoms with Crippen LogP contribution in [-0.2, 0) is 0 Å². The number of halogens is 1. The predicted molar refractivity (Wildman–Crippen MR) is 143 cm³/mol. The average molecular weight is 479 g/mol. The van der Waals surface area contributed by atoms with Gasteiger partial charge in [0.1, 0.15) is 0 Å². The number of rotatable bonds is 5. The van der Waals surface area contributed by atoms with E-state index < -0.39 is 0 Å². The van der Waals surface area contributed by atoms with Gasteiger partial charge < -0.3 is 39.7 Å². The lowest BCUT2D eigenvalue weighted by Crippen LogP contribution is -2.32. The highest BCUT2D eigenvalue weighted by atomic mass is 35.5. The number of aromatic nitrogens is 3. The number of Topliss-reactive ketones (excluding diaryl/α,β-unsaturated/α-hetero) is 1. The maximum atomic E-state index is 11.5. The van der Waals surface area contributed by atoms with Crippen molar-refractivity contribution in [3.8, 4) is 0 Å². The molecule has 0 spiro atoms. The number of piperidine rings is 1. The Kier molecular flexibility index (Phi) is 14.3. The molecular weight excluding hydrogens is 432 g/mol. The van der Waals surface area contributed by atoms with Crippen molar-refractivity contribution in [1.29, 1.82) is 0 Å². The Bertz CT molecular complexity index is 827. The molecule has 13 N–H and O–H groups in total. The molecule has 0 bridgehead atoms. The van der Waals surface area contributed by atoms with E-state index in [0.717, 1.165) is 43.8 Å². The van der Waals surface area contributed by atoms with Gasteiger partial charge in [0, 0.05) is 43.1 Å². The summed E-state index contributed by atoms with van der Waals surface area (Å²) in [6.07, 6.45) is 5.99. The van der Waals surface area contributed by atoms with E-state index in [9.17, 15) is 4.79 Å². The Morgan fingerprint density at radius 1 is 0.781 bits per heavy atom.